The molecule has 152 valence electrons. The molecule has 0 atom stereocenters. The van der Waals surface area contributed by atoms with Crippen molar-refractivity contribution in [3.63, 3.8) is 0 Å². The fraction of sp³-hybridized carbons (Fsp3) is 0.526. The van der Waals surface area contributed by atoms with E-state index in [-0.39, 0.29) is 17.6 Å². The molecule has 1 saturated carbocycles. The molecule has 1 amide bonds. The van der Waals surface area contributed by atoms with Crippen LogP contribution in [0.3, 0.4) is 0 Å². The minimum absolute atomic E-state index is 0.00645. The molecule has 8 nitrogen and oxygen atoms in total. The van der Waals surface area contributed by atoms with Crippen LogP contribution in [0.4, 0.5) is 20.6 Å². The molecule has 0 unspecified atom stereocenters. The predicted molar refractivity (Wildman–Crippen MR) is 108 cm³/mol. The maximum atomic E-state index is 14.3. The van der Waals surface area contributed by atoms with Crippen molar-refractivity contribution < 1.29 is 13.9 Å². The molecule has 0 saturated heterocycles. The molecule has 2 aliphatic rings. The zero-order chi connectivity index (χ0) is 20.5. The number of halogens is 1. The van der Waals surface area contributed by atoms with Crippen molar-refractivity contribution in [1.29, 1.82) is 0 Å². The number of ether oxygens (including phenoxy) is 1. The van der Waals surface area contributed by atoms with Gasteiger partial charge in [-0.15, -0.1) is 0 Å². The number of hydrogen-bond donors (Lipinski definition) is 3. The number of nitrogens with one attached hydrogen (secondary N) is 1. The first-order valence-electron chi connectivity index (χ1n) is 9.39. The lowest BCUT2D eigenvalue weighted by Gasteiger charge is -2.45. The van der Waals surface area contributed by atoms with Gasteiger partial charge in [0.05, 0.1) is 5.69 Å². The first-order chi connectivity index (χ1) is 13.1. The van der Waals surface area contributed by atoms with Crippen molar-refractivity contribution in [2.75, 3.05) is 10.2 Å². The van der Waals surface area contributed by atoms with Crippen molar-refractivity contribution in [2.45, 2.75) is 64.1 Å². The molecule has 1 aliphatic heterocycles. The maximum absolute atomic E-state index is 14.3. The number of nitrogens with zero attached hydrogens (tertiary/aromatic N) is 3. The van der Waals surface area contributed by atoms with E-state index in [1.165, 1.54) is 12.1 Å². The molecule has 0 aromatic heterocycles. The normalized spacial score (nSPS) is 19.1. The van der Waals surface area contributed by atoms with E-state index in [1.807, 2.05) is 0 Å². The lowest BCUT2D eigenvalue weighted by Crippen LogP contribution is -2.58. The van der Waals surface area contributed by atoms with Gasteiger partial charge in [0.15, 0.2) is 0 Å². The number of carbonyl (C=O) groups is 1. The average Bonchev–Trinajstić information content (AvgIpc) is 2.56. The number of anilines is 2. The summed E-state index contributed by atoms with van der Waals surface area (Å²) in [5.74, 6) is -0.239. The van der Waals surface area contributed by atoms with E-state index < -0.39 is 23.2 Å². The average molecular weight is 390 g/mol. The van der Waals surface area contributed by atoms with Gasteiger partial charge < -0.3 is 16.2 Å². The number of amides is 1. The zero-order valence-electron chi connectivity index (χ0n) is 16.5. The molecule has 28 heavy (non-hydrogen) atoms. The summed E-state index contributed by atoms with van der Waals surface area (Å²) < 4.78 is 19.5. The zero-order valence-corrected chi connectivity index (χ0v) is 16.5. The van der Waals surface area contributed by atoms with Crippen LogP contribution in [0.1, 0.15) is 52.9 Å². The highest BCUT2D eigenvalue weighted by Crippen LogP contribution is 2.40. The van der Waals surface area contributed by atoms with Gasteiger partial charge in [0.25, 0.3) is 0 Å². The third kappa shape index (κ3) is 4.18. The van der Waals surface area contributed by atoms with Crippen LogP contribution in [0.5, 0.6) is 0 Å². The van der Waals surface area contributed by atoms with Crippen LogP contribution >= 0.6 is 0 Å². The fourth-order valence-corrected chi connectivity index (χ4v) is 3.66. The van der Waals surface area contributed by atoms with Crippen LogP contribution in [0.25, 0.3) is 0 Å². The molecular formula is C19H27FN6O2. The van der Waals surface area contributed by atoms with Crippen molar-refractivity contribution in [1.82, 2.24) is 0 Å². The minimum atomic E-state index is -0.738. The fourth-order valence-electron chi connectivity index (χ4n) is 3.66. The molecule has 1 fully saturated rings. The summed E-state index contributed by atoms with van der Waals surface area (Å²) in [4.78, 5) is 22.5. The van der Waals surface area contributed by atoms with Crippen LogP contribution in [0, 0.1) is 5.82 Å². The predicted octanol–water partition coefficient (Wildman–Crippen LogP) is 3.28. The lowest BCUT2D eigenvalue weighted by molar-refractivity contribution is 0.0635. The summed E-state index contributed by atoms with van der Waals surface area (Å²) in [5.41, 5.74) is 11.3. The van der Waals surface area contributed by atoms with Gasteiger partial charge in [0.1, 0.15) is 17.1 Å². The molecule has 0 radical (unpaired) electrons. The van der Waals surface area contributed by atoms with Crippen LogP contribution in [0.2, 0.25) is 0 Å². The SMILES string of the molecule is CC(C)(C)OC(=O)Nc1cc(N2C(N)=NC(N)=NC23CCCCC3)ccc1F. The van der Waals surface area contributed by atoms with Gasteiger partial charge in [-0.25, -0.2) is 14.2 Å². The lowest BCUT2D eigenvalue weighted by atomic mass is 9.87. The number of hydrogen-bond acceptors (Lipinski definition) is 7. The summed E-state index contributed by atoms with van der Waals surface area (Å²) in [6.07, 6.45) is 3.84. The molecule has 9 heteroatoms. The standard InChI is InChI=1S/C19H27FN6O2/c1-18(2,3)28-17(27)23-14-11-12(7-8-13(14)20)26-16(22)24-15(21)25-19(26)9-5-4-6-10-19/h7-8,11H,4-6,9-10H2,1-3H3,(H,23,27)(H4,21,22,24,25). The van der Waals surface area contributed by atoms with E-state index in [2.05, 4.69) is 15.3 Å². The second-order valence-corrected chi connectivity index (χ2v) is 8.11. The largest absolute Gasteiger partial charge is 0.444 e. The Morgan fingerprint density at radius 3 is 2.57 bits per heavy atom. The Bertz CT molecular complexity index is 824. The second-order valence-electron chi connectivity index (χ2n) is 8.11. The van der Waals surface area contributed by atoms with Crippen LogP contribution in [-0.4, -0.2) is 29.3 Å². The molecular weight excluding hydrogens is 363 g/mol. The topological polar surface area (TPSA) is 118 Å². The number of aliphatic imine (C=N–C) groups is 2. The van der Waals surface area contributed by atoms with Gasteiger partial charge in [-0.1, -0.05) is 6.42 Å². The van der Waals surface area contributed by atoms with Crippen molar-refractivity contribution in [2.24, 2.45) is 21.5 Å². The van der Waals surface area contributed by atoms with Crippen molar-refractivity contribution in [3.05, 3.63) is 24.0 Å². The van der Waals surface area contributed by atoms with E-state index in [0.29, 0.717) is 5.69 Å². The highest BCUT2D eigenvalue weighted by molar-refractivity contribution is 6.06. The smallest absolute Gasteiger partial charge is 0.412 e. The van der Waals surface area contributed by atoms with E-state index >= 15 is 0 Å². The molecule has 0 bridgehead atoms. The van der Waals surface area contributed by atoms with Gasteiger partial charge in [-0.3, -0.25) is 10.2 Å². The van der Waals surface area contributed by atoms with E-state index in [0.717, 1.165) is 32.1 Å². The molecule has 5 N–H and O–H groups in total. The van der Waals surface area contributed by atoms with Gasteiger partial charge in [-0.2, -0.15) is 4.99 Å². The molecule has 1 aromatic carbocycles. The van der Waals surface area contributed by atoms with E-state index in [4.69, 9.17) is 16.2 Å². The Morgan fingerprint density at radius 2 is 1.93 bits per heavy atom. The Hall–Kier alpha value is -2.84. The maximum Gasteiger partial charge on any atom is 0.412 e. The molecule has 1 heterocycles. The Labute approximate surface area is 163 Å². The van der Waals surface area contributed by atoms with Crippen LogP contribution in [0.15, 0.2) is 28.2 Å². The molecule has 1 aromatic rings. The number of guanidine groups is 2. The molecule has 1 spiro atoms. The van der Waals surface area contributed by atoms with Gasteiger partial charge in [-0.05, 0) is 64.7 Å². The van der Waals surface area contributed by atoms with Crippen molar-refractivity contribution >= 4 is 29.4 Å². The summed E-state index contributed by atoms with van der Waals surface area (Å²) in [7, 11) is 0. The van der Waals surface area contributed by atoms with Gasteiger partial charge in [0, 0.05) is 5.69 Å². The summed E-state index contributed by atoms with van der Waals surface area (Å²) in [6, 6.07) is 4.37. The summed E-state index contributed by atoms with van der Waals surface area (Å²) in [6.45, 7) is 5.21. The monoisotopic (exact) mass is 390 g/mol. The quantitative estimate of drug-likeness (QED) is 0.716. The minimum Gasteiger partial charge on any atom is -0.444 e. The van der Waals surface area contributed by atoms with E-state index in [1.54, 1.807) is 31.7 Å². The molecule has 1 aliphatic carbocycles. The Kier molecular flexibility index (Phi) is 5.18. The van der Waals surface area contributed by atoms with E-state index in [9.17, 15) is 9.18 Å². The van der Waals surface area contributed by atoms with Gasteiger partial charge >= 0.3 is 6.09 Å². The second kappa shape index (κ2) is 7.29. The third-order valence-corrected chi connectivity index (χ3v) is 4.70. The Morgan fingerprint density at radius 1 is 1.25 bits per heavy atom. The number of nitrogens with two attached hydrogens (primary N) is 2. The van der Waals surface area contributed by atoms with Crippen LogP contribution < -0.4 is 21.7 Å². The highest BCUT2D eigenvalue weighted by atomic mass is 19.1. The van der Waals surface area contributed by atoms with Crippen molar-refractivity contribution in [3.8, 4) is 0 Å². The Balaban J connectivity index is 1.94. The number of benzene rings is 1. The van der Waals surface area contributed by atoms with Crippen LogP contribution in [-0.2, 0) is 4.74 Å². The first-order valence-corrected chi connectivity index (χ1v) is 9.39. The number of carbonyl (C=O) groups excluding carboxylic acids is 1. The summed E-state index contributed by atoms with van der Waals surface area (Å²) in [5, 5.41) is 2.46. The molecule has 3 rings (SSSR count). The first kappa shape index (κ1) is 19.9. The summed E-state index contributed by atoms with van der Waals surface area (Å²) >= 11 is 0. The van der Waals surface area contributed by atoms with Gasteiger partial charge in [0.2, 0.25) is 11.9 Å². The number of rotatable bonds is 2. The highest BCUT2D eigenvalue weighted by Gasteiger charge is 2.42. The third-order valence-electron chi connectivity index (χ3n) is 4.70.